The Balaban J connectivity index is 1.37. The van der Waals surface area contributed by atoms with Gasteiger partial charge in [0.05, 0.1) is 12.2 Å². The molecule has 2 aromatic rings. The summed E-state index contributed by atoms with van der Waals surface area (Å²) in [6.45, 7) is 7.49. The summed E-state index contributed by atoms with van der Waals surface area (Å²) in [7, 11) is 0. The molecule has 7 heteroatoms. The van der Waals surface area contributed by atoms with E-state index in [0.29, 0.717) is 36.8 Å². The molecule has 1 fully saturated rings. The van der Waals surface area contributed by atoms with Crippen LogP contribution in [0.3, 0.4) is 0 Å². The van der Waals surface area contributed by atoms with Gasteiger partial charge in [-0.1, -0.05) is 6.07 Å². The van der Waals surface area contributed by atoms with Crippen molar-refractivity contribution in [2.75, 3.05) is 32.8 Å². The number of aliphatic hydroxyl groups is 1. The Morgan fingerprint density at radius 2 is 1.67 bits per heavy atom. The molecule has 2 heterocycles. The third-order valence-corrected chi connectivity index (χ3v) is 6.71. The topological polar surface area (TPSA) is 85.3 Å². The van der Waals surface area contributed by atoms with Crippen LogP contribution in [0.5, 0.6) is 17.2 Å². The maximum Gasteiger partial charge on any atom is 0.163 e. The molecule has 0 amide bonds. The number of ether oxygens (including phenoxy) is 3. The number of hydrogen-bond acceptors (Lipinski definition) is 7. The average molecular weight is 496 g/mol. The third-order valence-electron chi connectivity index (χ3n) is 6.71. The van der Waals surface area contributed by atoms with Crippen molar-refractivity contribution < 1.29 is 28.9 Å². The molecular weight excluding hydrogens is 458 g/mol. The summed E-state index contributed by atoms with van der Waals surface area (Å²) >= 11 is 0. The lowest BCUT2D eigenvalue weighted by Gasteiger charge is -2.28. The van der Waals surface area contributed by atoms with Crippen molar-refractivity contribution in [3.63, 3.8) is 0 Å². The number of aliphatic hydroxyl groups excluding tert-OH is 1. The van der Waals surface area contributed by atoms with Crippen molar-refractivity contribution in [1.29, 1.82) is 0 Å². The number of nitrogens with zero attached hydrogens (tertiary/aromatic N) is 1. The Labute approximate surface area is 213 Å². The number of likely N-dealkylation sites (tertiary alicyclic amines) is 1. The first-order valence-electron chi connectivity index (χ1n) is 13.0. The normalized spacial score (nSPS) is 17.1. The van der Waals surface area contributed by atoms with E-state index >= 15 is 0 Å². The maximum atomic E-state index is 13.0. The second kappa shape index (κ2) is 12.4. The summed E-state index contributed by atoms with van der Waals surface area (Å²) in [5.41, 5.74) is 1.29. The van der Waals surface area contributed by atoms with E-state index in [4.69, 9.17) is 14.2 Å². The van der Waals surface area contributed by atoms with Gasteiger partial charge in [0.15, 0.2) is 17.3 Å². The highest BCUT2D eigenvalue weighted by Gasteiger charge is 2.28. The Morgan fingerprint density at radius 1 is 0.972 bits per heavy atom. The Kier molecular flexibility index (Phi) is 8.99. The SMILES string of the molecule is CC(C)Oc1ccc(C(=O)CCC(=O)C[C@H](CN2CCCC2)[C@@H](O)c2ccc3c(c2)OCCO3)cc1. The van der Waals surface area contributed by atoms with E-state index in [9.17, 15) is 14.7 Å². The van der Waals surface area contributed by atoms with Gasteiger partial charge >= 0.3 is 0 Å². The molecule has 7 nitrogen and oxygen atoms in total. The number of carbonyl (C=O) groups is 2. The Morgan fingerprint density at radius 3 is 2.36 bits per heavy atom. The molecule has 0 aromatic heterocycles. The number of fused-ring (bicyclic) bond motifs is 1. The summed E-state index contributed by atoms with van der Waals surface area (Å²) in [6, 6.07) is 12.5. The van der Waals surface area contributed by atoms with Gasteiger partial charge in [-0.25, -0.2) is 0 Å². The van der Waals surface area contributed by atoms with E-state index in [1.807, 2.05) is 32.0 Å². The van der Waals surface area contributed by atoms with E-state index in [-0.39, 0.29) is 42.9 Å². The van der Waals surface area contributed by atoms with Crippen LogP contribution < -0.4 is 14.2 Å². The largest absolute Gasteiger partial charge is 0.491 e. The lowest BCUT2D eigenvalue weighted by Crippen LogP contribution is -2.32. The molecular formula is C29H37NO6. The number of Topliss-reactive ketones (excluding diaryl/α,β-unsaturated/α-hetero) is 2. The summed E-state index contributed by atoms with van der Waals surface area (Å²) in [6.07, 6.45) is 2.06. The molecule has 2 aliphatic heterocycles. The monoisotopic (exact) mass is 495 g/mol. The zero-order chi connectivity index (χ0) is 25.5. The van der Waals surface area contributed by atoms with Crippen LogP contribution in [-0.4, -0.2) is 60.5 Å². The number of hydrogen-bond donors (Lipinski definition) is 1. The van der Waals surface area contributed by atoms with Crippen LogP contribution in [0.1, 0.15) is 68.0 Å². The number of ketones is 2. The number of carbonyl (C=O) groups excluding carboxylic acids is 2. The zero-order valence-corrected chi connectivity index (χ0v) is 21.3. The van der Waals surface area contributed by atoms with E-state index in [2.05, 4.69) is 4.90 Å². The van der Waals surface area contributed by atoms with Gasteiger partial charge in [-0.15, -0.1) is 0 Å². The van der Waals surface area contributed by atoms with Crippen molar-refractivity contribution in [1.82, 2.24) is 4.90 Å². The second-order valence-electron chi connectivity index (χ2n) is 9.97. The fourth-order valence-corrected chi connectivity index (χ4v) is 4.87. The van der Waals surface area contributed by atoms with Crippen molar-refractivity contribution in [2.45, 2.75) is 58.2 Å². The third kappa shape index (κ3) is 7.08. The van der Waals surface area contributed by atoms with E-state index < -0.39 is 6.10 Å². The smallest absolute Gasteiger partial charge is 0.163 e. The Hall–Kier alpha value is -2.90. The number of benzene rings is 2. The van der Waals surface area contributed by atoms with Gasteiger partial charge in [0.25, 0.3) is 0 Å². The predicted octanol–water partition coefficient (Wildman–Crippen LogP) is 4.61. The maximum absolute atomic E-state index is 13.0. The summed E-state index contributed by atoms with van der Waals surface area (Å²) < 4.78 is 16.9. The van der Waals surface area contributed by atoms with E-state index in [1.54, 1.807) is 24.3 Å². The molecule has 4 rings (SSSR count). The molecule has 0 bridgehead atoms. The standard InChI is InChI=1S/C29H37NO6/c1-20(2)36-25-9-5-21(6-10-25)26(32)11-8-24(31)17-23(19-30-13-3-4-14-30)29(33)22-7-12-27-28(18-22)35-16-15-34-27/h5-7,9-10,12,18,20,23,29,33H,3-4,8,11,13-17,19H2,1-2H3/t23-,29+/m1/s1. The van der Waals surface area contributed by atoms with Gasteiger partial charge in [0.2, 0.25) is 0 Å². The summed E-state index contributed by atoms with van der Waals surface area (Å²) in [4.78, 5) is 27.9. The highest BCUT2D eigenvalue weighted by Crippen LogP contribution is 2.36. The summed E-state index contributed by atoms with van der Waals surface area (Å²) in [5, 5.41) is 11.3. The van der Waals surface area contributed by atoms with Crippen LogP contribution in [0.2, 0.25) is 0 Å². The van der Waals surface area contributed by atoms with Crippen molar-refractivity contribution in [2.24, 2.45) is 5.92 Å². The minimum absolute atomic E-state index is 0.0103. The van der Waals surface area contributed by atoms with Crippen molar-refractivity contribution in [3.05, 3.63) is 53.6 Å². The van der Waals surface area contributed by atoms with E-state index in [1.165, 1.54) is 0 Å². The fraction of sp³-hybridized carbons (Fsp3) is 0.517. The lowest BCUT2D eigenvalue weighted by atomic mass is 9.89. The molecule has 2 aromatic carbocycles. The molecule has 0 spiro atoms. The highest BCUT2D eigenvalue weighted by molar-refractivity contribution is 5.98. The lowest BCUT2D eigenvalue weighted by molar-refractivity contribution is -0.121. The summed E-state index contributed by atoms with van der Waals surface area (Å²) in [5.74, 6) is 1.68. The molecule has 2 atom stereocenters. The molecule has 36 heavy (non-hydrogen) atoms. The van der Waals surface area contributed by atoms with Crippen LogP contribution >= 0.6 is 0 Å². The van der Waals surface area contributed by atoms with Gasteiger partial charge in [0, 0.05) is 37.3 Å². The molecule has 0 saturated carbocycles. The van der Waals surface area contributed by atoms with Gasteiger partial charge in [0.1, 0.15) is 24.7 Å². The van der Waals surface area contributed by atoms with Crippen LogP contribution in [0.25, 0.3) is 0 Å². The van der Waals surface area contributed by atoms with Gasteiger partial charge < -0.3 is 24.2 Å². The van der Waals surface area contributed by atoms with E-state index in [0.717, 1.165) is 37.2 Å². The molecule has 0 unspecified atom stereocenters. The molecule has 0 aliphatic carbocycles. The quantitative estimate of drug-likeness (QED) is 0.430. The van der Waals surface area contributed by atoms with Crippen molar-refractivity contribution in [3.8, 4) is 17.2 Å². The molecule has 194 valence electrons. The molecule has 2 aliphatic rings. The van der Waals surface area contributed by atoms with Gasteiger partial charge in [-0.05, 0) is 81.7 Å². The minimum atomic E-state index is -0.811. The van der Waals surface area contributed by atoms with Gasteiger partial charge in [-0.2, -0.15) is 0 Å². The first-order valence-corrected chi connectivity index (χ1v) is 13.0. The van der Waals surface area contributed by atoms with Crippen LogP contribution in [0.4, 0.5) is 0 Å². The fourth-order valence-electron chi connectivity index (χ4n) is 4.87. The first-order chi connectivity index (χ1) is 17.4. The first kappa shape index (κ1) is 26.2. The predicted molar refractivity (Wildman–Crippen MR) is 137 cm³/mol. The zero-order valence-electron chi connectivity index (χ0n) is 21.3. The second-order valence-corrected chi connectivity index (χ2v) is 9.97. The highest BCUT2D eigenvalue weighted by atomic mass is 16.6. The average Bonchev–Trinajstić information content (AvgIpc) is 3.39. The van der Waals surface area contributed by atoms with Crippen LogP contribution in [-0.2, 0) is 4.79 Å². The molecule has 1 N–H and O–H groups in total. The van der Waals surface area contributed by atoms with Crippen LogP contribution in [0.15, 0.2) is 42.5 Å². The van der Waals surface area contributed by atoms with Gasteiger partial charge in [-0.3, -0.25) is 9.59 Å². The van der Waals surface area contributed by atoms with Crippen molar-refractivity contribution >= 4 is 11.6 Å². The van der Waals surface area contributed by atoms with Crippen LogP contribution in [0, 0.1) is 5.92 Å². The Bertz CT molecular complexity index is 1030. The number of rotatable bonds is 12. The molecule has 0 radical (unpaired) electrons. The minimum Gasteiger partial charge on any atom is -0.491 e. The molecule has 1 saturated heterocycles.